The number of rotatable bonds is 3. The van der Waals surface area contributed by atoms with Gasteiger partial charge in [0.05, 0.1) is 22.8 Å². The van der Waals surface area contributed by atoms with Gasteiger partial charge in [0.1, 0.15) is 5.82 Å². The van der Waals surface area contributed by atoms with Gasteiger partial charge in [-0.15, -0.1) is 0 Å². The number of hydrogen-bond acceptors (Lipinski definition) is 3. The van der Waals surface area contributed by atoms with Crippen LogP contribution in [0.1, 0.15) is 11.1 Å². The fraction of sp³-hybridized carbons (Fsp3) is 0.0588. The number of nitriles is 1. The van der Waals surface area contributed by atoms with Crippen molar-refractivity contribution < 1.29 is 4.39 Å². The number of fused-ring (bicyclic) bond motifs is 1. The van der Waals surface area contributed by atoms with Crippen LogP contribution < -0.4 is 5.32 Å². The topological polar surface area (TPSA) is 48.7 Å². The van der Waals surface area contributed by atoms with Crippen molar-refractivity contribution in [1.82, 2.24) is 4.98 Å². The van der Waals surface area contributed by atoms with Gasteiger partial charge in [0.15, 0.2) is 0 Å². The Labute approximate surface area is 121 Å². The summed E-state index contributed by atoms with van der Waals surface area (Å²) >= 11 is 0. The molecule has 0 radical (unpaired) electrons. The molecule has 0 fully saturated rings. The predicted octanol–water partition coefficient (Wildman–Crippen LogP) is 3.86. The summed E-state index contributed by atoms with van der Waals surface area (Å²) in [5.74, 6) is -0.424. The smallest absolute Gasteiger partial charge is 0.147 e. The fourth-order valence-electron chi connectivity index (χ4n) is 2.23. The lowest BCUT2D eigenvalue weighted by atomic mass is 10.1. The van der Waals surface area contributed by atoms with Crippen molar-refractivity contribution in [2.24, 2.45) is 0 Å². The molecule has 1 aromatic heterocycles. The molecule has 0 saturated carbocycles. The van der Waals surface area contributed by atoms with Crippen LogP contribution in [-0.2, 0) is 6.54 Å². The molecule has 3 rings (SSSR count). The zero-order valence-electron chi connectivity index (χ0n) is 11.2. The van der Waals surface area contributed by atoms with E-state index in [-0.39, 0.29) is 0 Å². The quantitative estimate of drug-likeness (QED) is 0.791. The second-order valence-electron chi connectivity index (χ2n) is 4.65. The molecule has 0 saturated heterocycles. The van der Waals surface area contributed by atoms with Gasteiger partial charge in [-0.1, -0.05) is 18.2 Å². The molecule has 2 aromatic carbocycles. The molecule has 21 heavy (non-hydrogen) atoms. The van der Waals surface area contributed by atoms with E-state index in [0.717, 1.165) is 16.5 Å². The van der Waals surface area contributed by atoms with Crippen molar-refractivity contribution in [3.8, 4) is 6.07 Å². The first-order valence-corrected chi connectivity index (χ1v) is 6.54. The van der Waals surface area contributed by atoms with Crippen molar-refractivity contribution in [1.29, 1.82) is 5.26 Å². The van der Waals surface area contributed by atoms with Crippen LogP contribution in [0.4, 0.5) is 10.1 Å². The van der Waals surface area contributed by atoms with Crippen LogP contribution in [-0.4, -0.2) is 4.98 Å². The van der Waals surface area contributed by atoms with Gasteiger partial charge in [-0.05, 0) is 35.9 Å². The number of para-hydroxylation sites is 1. The SMILES string of the molecule is N#Cc1ccc(NCc2ccnc3ccccc23)c(F)c1. The molecule has 0 amide bonds. The van der Waals surface area contributed by atoms with Crippen LogP contribution in [0.15, 0.2) is 54.7 Å². The predicted molar refractivity (Wildman–Crippen MR) is 80.2 cm³/mol. The molecular formula is C17H12FN3. The summed E-state index contributed by atoms with van der Waals surface area (Å²) in [4.78, 5) is 4.30. The molecule has 0 bridgehead atoms. The number of pyridine rings is 1. The standard InChI is InChI=1S/C17H12FN3/c18-15-9-12(10-19)5-6-17(15)21-11-13-7-8-20-16-4-2-1-3-14(13)16/h1-9,21H,11H2. The van der Waals surface area contributed by atoms with E-state index in [1.807, 2.05) is 36.4 Å². The minimum Gasteiger partial charge on any atom is -0.379 e. The normalized spacial score (nSPS) is 10.3. The lowest BCUT2D eigenvalue weighted by Gasteiger charge is -2.10. The van der Waals surface area contributed by atoms with Gasteiger partial charge in [0, 0.05) is 18.1 Å². The number of hydrogen-bond donors (Lipinski definition) is 1. The van der Waals surface area contributed by atoms with Gasteiger partial charge in [0.2, 0.25) is 0 Å². The van der Waals surface area contributed by atoms with E-state index in [1.54, 1.807) is 18.3 Å². The van der Waals surface area contributed by atoms with E-state index in [2.05, 4.69) is 10.3 Å². The zero-order valence-corrected chi connectivity index (χ0v) is 11.2. The fourth-order valence-corrected chi connectivity index (χ4v) is 2.23. The minimum absolute atomic E-state index is 0.312. The largest absolute Gasteiger partial charge is 0.379 e. The first-order valence-electron chi connectivity index (χ1n) is 6.54. The molecular weight excluding hydrogens is 265 g/mol. The number of anilines is 1. The highest BCUT2D eigenvalue weighted by molar-refractivity contribution is 5.82. The van der Waals surface area contributed by atoms with Crippen LogP contribution in [0.3, 0.4) is 0 Å². The van der Waals surface area contributed by atoms with Crippen molar-refractivity contribution >= 4 is 16.6 Å². The van der Waals surface area contributed by atoms with Gasteiger partial charge in [0.25, 0.3) is 0 Å². The number of nitrogens with one attached hydrogen (secondary N) is 1. The highest BCUT2D eigenvalue weighted by atomic mass is 19.1. The van der Waals surface area contributed by atoms with Crippen LogP contribution in [0.5, 0.6) is 0 Å². The van der Waals surface area contributed by atoms with Crippen molar-refractivity contribution in [2.75, 3.05) is 5.32 Å². The Bertz CT molecular complexity index is 832. The third-order valence-electron chi connectivity index (χ3n) is 3.31. The maximum atomic E-state index is 13.8. The number of aromatic nitrogens is 1. The summed E-state index contributed by atoms with van der Waals surface area (Å²) < 4.78 is 13.8. The zero-order chi connectivity index (χ0) is 14.7. The lowest BCUT2D eigenvalue weighted by Crippen LogP contribution is -2.02. The van der Waals surface area contributed by atoms with E-state index in [0.29, 0.717) is 17.8 Å². The molecule has 3 nitrogen and oxygen atoms in total. The average molecular weight is 277 g/mol. The molecule has 0 aliphatic rings. The minimum atomic E-state index is -0.424. The van der Waals surface area contributed by atoms with Crippen LogP contribution in [0.25, 0.3) is 10.9 Å². The molecule has 4 heteroatoms. The van der Waals surface area contributed by atoms with Gasteiger partial charge in [-0.2, -0.15) is 5.26 Å². The molecule has 1 N–H and O–H groups in total. The summed E-state index contributed by atoms with van der Waals surface area (Å²) in [6, 6.07) is 16.1. The molecule has 102 valence electrons. The molecule has 1 heterocycles. The van der Waals surface area contributed by atoms with E-state index < -0.39 is 5.82 Å². The monoisotopic (exact) mass is 277 g/mol. The van der Waals surface area contributed by atoms with Crippen LogP contribution in [0.2, 0.25) is 0 Å². The van der Waals surface area contributed by atoms with Gasteiger partial charge in [-0.25, -0.2) is 4.39 Å². The number of nitrogens with zero attached hydrogens (tertiary/aromatic N) is 2. The van der Waals surface area contributed by atoms with E-state index in [4.69, 9.17) is 5.26 Å². The van der Waals surface area contributed by atoms with Crippen molar-refractivity contribution in [2.45, 2.75) is 6.54 Å². The molecule has 0 aliphatic carbocycles. The summed E-state index contributed by atoms with van der Waals surface area (Å²) in [6.45, 7) is 0.492. The van der Waals surface area contributed by atoms with Crippen LogP contribution in [0, 0.1) is 17.1 Å². The van der Waals surface area contributed by atoms with Crippen LogP contribution >= 0.6 is 0 Å². The number of benzene rings is 2. The van der Waals surface area contributed by atoms with Crippen molar-refractivity contribution in [3.05, 3.63) is 71.7 Å². The Balaban J connectivity index is 1.86. The third-order valence-corrected chi connectivity index (χ3v) is 3.31. The highest BCUT2D eigenvalue weighted by Gasteiger charge is 2.05. The van der Waals surface area contributed by atoms with E-state index >= 15 is 0 Å². The third kappa shape index (κ3) is 2.67. The van der Waals surface area contributed by atoms with Gasteiger partial charge in [-0.3, -0.25) is 4.98 Å². The van der Waals surface area contributed by atoms with Gasteiger partial charge >= 0.3 is 0 Å². The second kappa shape index (κ2) is 5.59. The summed E-state index contributed by atoms with van der Waals surface area (Å²) in [5, 5.41) is 12.8. The molecule has 0 aliphatic heterocycles. The maximum absolute atomic E-state index is 13.8. The summed E-state index contributed by atoms with van der Waals surface area (Å²) in [7, 11) is 0. The van der Waals surface area contributed by atoms with E-state index in [1.165, 1.54) is 6.07 Å². The lowest BCUT2D eigenvalue weighted by molar-refractivity contribution is 0.629. The first-order chi connectivity index (χ1) is 10.3. The maximum Gasteiger partial charge on any atom is 0.147 e. The molecule has 0 atom stereocenters. The number of halogens is 1. The van der Waals surface area contributed by atoms with Crippen molar-refractivity contribution in [3.63, 3.8) is 0 Å². The molecule has 0 spiro atoms. The Hall–Kier alpha value is -2.93. The Morgan fingerprint density at radius 3 is 2.81 bits per heavy atom. The first kappa shape index (κ1) is 13.1. The Morgan fingerprint density at radius 2 is 2.00 bits per heavy atom. The molecule has 3 aromatic rings. The summed E-state index contributed by atoms with van der Waals surface area (Å²) in [5.41, 5.74) is 2.66. The summed E-state index contributed by atoms with van der Waals surface area (Å²) in [6.07, 6.45) is 1.74. The molecule has 0 unspecified atom stereocenters. The Morgan fingerprint density at radius 1 is 1.14 bits per heavy atom. The Kier molecular flexibility index (Phi) is 3.48. The van der Waals surface area contributed by atoms with E-state index in [9.17, 15) is 4.39 Å². The highest BCUT2D eigenvalue weighted by Crippen LogP contribution is 2.20. The average Bonchev–Trinajstić information content (AvgIpc) is 2.53. The van der Waals surface area contributed by atoms with Gasteiger partial charge < -0.3 is 5.32 Å². The second-order valence-corrected chi connectivity index (χ2v) is 4.65.